The number of carbonyl (C=O) groups is 1. The molecule has 33 heavy (non-hydrogen) atoms. The Kier molecular flexibility index (Phi) is 5.96. The smallest absolute Gasteiger partial charge is 0.291 e. The third kappa shape index (κ3) is 4.48. The van der Waals surface area contributed by atoms with Crippen molar-refractivity contribution >= 4 is 22.8 Å². The maximum absolute atomic E-state index is 14.6. The van der Waals surface area contributed by atoms with Gasteiger partial charge < -0.3 is 19.9 Å². The number of hydrogen-bond donors (Lipinski definition) is 2. The Labute approximate surface area is 186 Å². The summed E-state index contributed by atoms with van der Waals surface area (Å²) in [5.41, 5.74) is -0.867. The van der Waals surface area contributed by atoms with E-state index in [0.29, 0.717) is 24.3 Å². The van der Waals surface area contributed by atoms with Gasteiger partial charge in [0, 0.05) is 18.6 Å². The van der Waals surface area contributed by atoms with Gasteiger partial charge in [-0.2, -0.15) is 0 Å². The number of H-pyrrole nitrogens is 1. The topological polar surface area (TPSA) is 100 Å². The van der Waals surface area contributed by atoms with Crippen molar-refractivity contribution in [1.29, 1.82) is 0 Å². The van der Waals surface area contributed by atoms with Crippen LogP contribution in [0.1, 0.15) is 43.3 Å². The Morgan fingerprint density at radius 2 is 1.97 bits per heavy atom. The molecule has 1 saturated heterocycles. The maximum atomic E-state index is 14.6. The lowest BCUT2D eigenvalue weighted by atomic mass is 10.0. The molecule has 0 saturated carbocycles. The van der Waals surface area contributed by atoms with E-state index in [9.17, 15) is 22.8 Å². The van der Waals surface area contributed by atoms with Gasteiger partial charge in [-0.25, -0.2) is 23.1 Å². The molecule has 1 atom stereocenters. The molecule has 1 aliphatic rings. The summed E-state index contributed by atoms with van der Waals surface area (Å²) in [5.74, 6) is -0.397. The van der Waals surface area contributed by atoms with Crippen LogP contribution in [0.15, 0.2) is 29.1 Å². The van der Waals surface area contributed by atoms with Gasteiger partial charge in [-0.3, -0.25) is 9.59 Å². The zero-order valence-corrected chi connectivity index (χ0v) is 18.2. The third-order valence-electron chi connectivity index (χ3n) is 5.49. The van der Waals surface area contributed by atoms with Gasteiger partial charge in [-0.05, 0) is 13.8 Å². The SMILES string of the molecule is CC(=O)N1CC(Oc2cc3c(N[C@H](C)c4cccc(C(F)F)c4F)nc(C)nc3[nH]c2=O)C1. The van der Waals surface area contributed by atoms with Crippen LogP contribution in [0.2, 0.25) is 0 Å². The monoisotopic (exact) mass is 461 g/mol. The lowest BCUT2D eigenvalue weighted by Crippen LogP contribution is -2.55. The first kappa shape index (κ1) is 22.6. The fourth-order valence-electron chi connectivity index (χ4n) is 3.68. The summed E-state index contributed by atoms with van der Waals surface area (Å²) in [7, 11) is 0. The standard InChI is InChI=1S/C22H22F3N5O3/c1-10(14-5-4-6-15(18(14)23)19(24)25)26-20-16-7-17(33-13-8-30(9-13)12(3)31)22(32)29-21(16)28-11(2)27-20/h4-7,10,13,19H,8-9H2,1-3H3,(H2,26,27,28,29,32)/t10-/m1/s1. The van der Waals surface area contributed by atoms with Crippen molar-refractivity contribution < 1.29 is 22.7 Å². The highest BCUT2D eigenvalue weighted by molar-refractivity contribution is 5.87. The minimum atomic E-state index is -2.94. The number of fused-ring (bicyclic) bond motifs is 1. The van der Waals surface area contributed by atoms with Gasteiger partial charge in [-0.1, -0.05) is 18.2 Å². The second-order valence-corrected chi connectivity index (χ2v) is 7.93. The number of benzene rings is 1. The Hall–Kier alpha value is -3.63. The molecule has 0 spiro atoms. The van der Waals surface area contributed by atoms with Gasteiger partial charge in [0.2, 0.25) is 5.91 Å². The molecule has 8 nitrogen and oxygen atoms in total. The van der Waals surface area contributed by atoms with Crippen molar-refractivity contribution in [2.45, 2.75) is 39.3 Å². The van der Waals surface area contributed by atoms with E-state index in [1.54, 1.807) is 18.7 Å². The van der Waals surface area contributed by atoms with Crippen LogP contribution in [-0.4, -0.2) is 45.0 Å². The van der Waals surface area contributed by atoms with E-state index >= 15 is 0 Å². The number of pyridine rings is 1. The number of halogens is 3. The first-order valence-electron chi connectivity index (χ1n) is 10.3. The Morgan fingerprint density at radius 1 is 1.27 bits per heavy atom. The minimum absolute atomic E-state index is 0.0322. The first-order valence-corrected chi connectivity index (χ1v) is 10.3. The molecule has 3 aromatic rings. The zero-order valence-electron chi connectivity index (χ0n) is 18.2. The predicted molar refractivity (Wildman–Crippen MR) is 115 cm³/mol. The summed E-state index contributed by atoms with van der Waals surface area (Å²) >= 11 is 0. The van der Waals surface area contributed by atoms with Crippen molar-refractivity contribution in [1.82, 2.24) is 19.9 Å². The molecule has 0 bridgehead atoms. The van der Waals surface area contributed by atoms with Gasteiger partial charge >= 0.3 is 0 Å². The van der Waals surface area contributed by atoms with Crippen LogP contribution in [0.25, 0.3) is 11.0 Å². The number of anilines is 1. The lowest BCUT2D eigenvalue weighted by molar-refractivity contribution is -0.137. The molecule has 1 aromatic carbocycles. The Morgan fingerprint density at radius 3 is 2.64 bits per heavy atom. The predicted octanol–water partition coefficient (Wildman–Crippen LogP) is 3.49. The number of aromatic nitrogens is 3. The van der Waals surface area contributed by atoms with Crippen molar-refractivity contribution in [3.8, 4) is 5.75 Å². The van der Waals surface area contributed by atoms with Crippen LogP contribution in [-0.2, 0) is 4.79 Å². The van der Waals surface area contributed by atoms with Gasteiger partial charge in [0.05, 0.1) is 30.1 Å². The van der Waals surface area contributed by atoms with Crippen molar-refractivity contribution in [2.24, 2.45) is 0 Å². The number of amides is 1. The minimum Gasteiger partial charge on any atom is -0.481 e. The fraction of sp³-hybridized carbons (Fsp3) is 0.364. The number of nitrogens with one attached hydrogen (secondary N) is 2. The molecule has 1 amide bonds. The molecule has 0 aliphatic carbocycles. The van der Waals surface area contributed by atoms with Crippen LogP contribution in [0.3, 0.4) is 0 Å². The normalized spacial score (nSPS) is 14.9. The summed E-state index contributed by atoms with van der Waals surface area (Å²) in [4.78, 5) is 36.6. The second kappa shape index (κ2) is 8.72. The molecule has 4 rings (SSSR count). The molecule has 3 heterocycles. The van der Waals surface area contributed by atoms with Gasteiger partial charge in [0.15, 0.2) is 5.75 Å². The second-order valence-electron chi connectivity index (χ2n) is 7.93. The number of aryl methyl sites for hydroxylation is 1. The van der Waals surface area contributed by atoms with Crippen molar-refractivity contribution in [2.75, 3.05) is 18.4 Å². The average Bonchev–Trinajstić information content (AvgIpc) is 2.70. The highest BCUT2D eigenvalue weighted by Crippen LogP contribution is 2.30. The van der Waals surface area contributed by atoms with E-state index in [1.807, 2.05) is 0 Å². The van der Waals surface area contributed by atoms with E-state index < -0.39 is 29.4 Å². The van der Waals surface area contributed by atoms with Gasteiger partial charge in [0.1, 0.15) is 29.2 Å². The number of ether oxygens (including phenoxy) is 1. The van der Waals surface area contributed by atoms with Crippen LogP contribution >= 0.6 is 0 Å². The molecular weight excluding hydrogens is 439 g/mol. The molecule has 174 valence electrons. The van der Waals surface area contributed by atoms with Crippen molar-refractivity contribution in [3.05, 3.63) is 57.4 Å². The van der Waals surface area contributed by atoms with E-state index in [1.165, 1.54) is 25.1 Å². The number of carbonyl (C=O) groups excluding carboxylic acids is 1. The first-order chi connectivity index (χ1) is 15.6. The summed E-state index contributed by atoms with van der Waals surface area (Å²) in [5, 5.41) is 3.44. The molecule has 2 N–H and O–H groups in total. The Bertz CT molecular complexity index is 1270. The van der Waals surface area contributed by atoms with Crippen LogP contribution in [0.4, 0.5) is 19.0 Å². The molecule has 0 unspecified atom stereocenters. The van der Waals surface area contributed by atoms with E-state index in [4.69, 9.17) is 4.74 Å². The van der Waals surface area contributed by atoms with Crippen LogP contribution < -0.4 is 15.6 Å². The van der Waals surface area contributed by atoms with Crippen LogP contribution in [0.5, 0.6) is 5.75 Å². The number of hydrogen-bond acceptors (Lipinski definition) is 6. The highest BCUT2D eigenvalue weighted by atomic mass is 19.3. The average molecular weight is 461 g/mol. The summed E-state index contributed by atoms with van der Waals surface area (Å²) < 4.78 is 46.6. The molecule has 2 aromatic heterocycles. The highest BCUT2D eigenvalue weighted by Gasteiger charge is 2.31. The lowest BCUT2D eigenvalue weighted by Gasteiger charge is -2.38. The zero-order chi connectivity index (χ0) is 23.9. The number of rotatable bonds is 6. The number of likely N-dealkylation sites (tertiary alicyclic amines) is 1. The summed E-state index contributed by atoms with van der Waals surface area (Å²) in [6.45, 7) is 5.45. The molecule has 1 fully saturated rings. The number of aromatic amines is 1. The number of nitrogens with zero attached hydrogens (tertiary/aromatic N) is 3. The van der Waals surface area contributed by atoms with Gasteiger partial charge in [0.25, 0.3) is 12.0 Å². The van der Waals surface area contributed by atoms with E-state index in [2.05, 4.69) is 20.3 Å². The molecule has 11 heteroatoms. The van der Waals surface area contributed by atoms with E-state index in [-0.39, 0.29) is 34.8 Å². The summed E-state index contributed by atoms with van der Waals surface area (Å²) in [6, 6.07) is 4.60. The maximum Gasteiger partial charge on any atom is 0.291 e. The summed E-state index contributed by atoms with van der Waals surface area (Å²) in [6.07, 6.45) is -3.25. The molecule has 1 aliphatic heterocycles. The number of alkyl halides is 2. The fourth-order valence-corrected chi connectivity index (χ4v) is 3.68. The Balaban J connectivity index is 1.65. The largest absolute Gasteiger partial charge is 0.481 e. The quantitative estimate of drug-likeness (QED) is 0.583. The third-order valence-corrected chi connectivity index (χ3v) is 5.49. The van der Waals surface area contributed by atoms with E-state index in [0.717, 1.165) is 6.07 Å². The van der Waals surface area contributed by atoms with Gasteiger partial charge in [-0.15, -0.1) is 0 Å². The molecular formula is C22H22F3N5O3. The van der Waals surface area contributed by atoms with Crippen molar-refractivity contribution in [3.63, 3.8) is 0 Å². The van der Waals surface area contributed by atoms with Crippen LogP contribution in [0, 0.1) is 12.7 Å². The molecule has 0 radical (unpaired) electrons.